The molecule has 2 aromatic rings. The lowest BCUT2D eigenvalue weighted by Gasteiger charge is -2.12. The molecular formula is C17H22F3N5O2. The van der Waals surface area contributed by atoms with Crippen molar-refractivity contribution in [3.05, 3.63) is 29.8 Å². The smallest absolute Gasteiger partial charge is 0.416 e. The van der Waals surface area contributed by atoms with Crippen molar-refractivity contribution < 1.29 is 22.6 Å². The molecule has 1 heterocycles. The SMILES string of the molecule is CCOc1nc(Nc2cccc(C(F)(F)F)c2)nc(OCCCN(C)C)n1. The molecule has 1 aromatic carbocycles. The number of rotatable bonds is 9. The molecular weight excluding hydrogens is 363 g/mol. The van der Waals surface area contributed by atoms with Gasteiger partial charge in [0.25, 0.3) is 0 Å². The molecule has 0 bridgehead atoms. The Hall–Kier alpha value is -2.62. The van der Waals surface area contributed by atoms with Crippen LogP contribution < -0.4 is 14.8 Å². The van der Waals surface area contributed by atoms with E-state index in [4.69, 9.17) is 9.47 Å². The minimum Gasteiger partial charge on any atom is -0.464 e. The molecule has 2 rings (SSSR count). The second kappa shape index (κ2) is 9.36. The molecule has 0 amide bonds. The fraction of sp³-hybridized carbons (Fsp3) is 0.471. The molecule has 0 saturated heterocycles. The molecule has 0 aliphatic rings. The van der Waals surface area contributed by atoms with E-state index < -0.39 is 11.7 Å². The first kappa shape index (κ1) is 20.7. The van der Waals surface area contributed by atoms with Gasteiger partial charge < -0.3 is 19.7 Å². The second-order valence-corrected chi connectivity index (χ2v) is 5.87. The third-order valence-electron chi connectivity index (χ3n) is 3.29. The van der Waals surface area contributed by atoms with Crippen molar-refractivity contribution in [2.45, 2.75) is 19.5 Å². The molecule has 1 N–H and O–H groups in total. The van der Waals surface area contributed by atoms with Crippen molar-refractivity contribution in [3.8, 4) is 12.0 Å². The summed E-state index contributed by atoms with van der Waals surface area (Å²) in [4.78, 5) is 14.2. The van der Waals surface area contributed by atoms with E-state index in [0.717, 1.165) is 25.1 Å². The van der Waals surface area contributed by atoms with Gasteiger partial charge in [0.2, 0.25) is 5.95 Å². The van der Waals surface area contributed by atoms with Gasteiger partial charge in [-0.15, -0.1) is 4.98 Å². The van der Waals surface area contributed by atoms with Gasteiger partial charge in [0.1, 0.15) is 0 Å². The van der Waals surface area contributed by atoms with Gasteiger partial charge in [-0.3, -0.25) is 0 Å². The quantitative estimate of drug-likeness (QED) is 0.664. The third kappa shape index (κ3) is 6.89. The van der Waals surface area contributed by atoms with Crippen LogP contribution in [0.1, 0.15) is 18.9 Å². The first-order valence-corrected chi connectivity index (χ1v) is 8.38. The number of halogens is 3. The Bertz CT molecular complexity index is 741. The molecule has 27 heavy (non-hydrogen) atoms. The van der Waals surface area contributed by atoms with Crippen LogP contribution in [0.25, 0.3) is 0 Å². The van der Waals surface area contributed by atoms with E-state index in [9.17, 15) is 13.2 Å². The number of nitrogens with one attached hydrogen (secondary N) is 1. The highest BCUT2D eigenvalue weighted by atomic mass is 19.4. The summed E-state index contributed by atoms with van der Waals surface area (Å²) in [5.74, 6) is 0.0374. The molecule has 1 aromatic heterocycles. The van der Waals surface area contributed by atoms with Gasteiger partial charge in [0.05, 0.1) is 18.8 Å². The molecule has 0 saturated carbocycles. The van der Waals surface area contributed by atoms with E-state index in [2.05, 4.69) is 20.3 Å². The fourth-order valence-electron chi connectivity index (χ4n) is 2.10. The number of hydrogen-bond acceptors (Lipinski definition) is 7. The van der Waals surface area contributed by atoms with E-state index in [1.807, 2.05) is 19.0 Å². The summed E-state index contributed by atoms with van der Waals surface area (Å²) in [6, 6.07) is 4.82. The zero-order chi connectivity index (χ0) is 19.9. The maximum atomic E-state index is 12.9. The van der Waals surface area contributed by atoms with Crippen molar-refractivity contribution in [1.82, 2.24) is 19.9 Å². The molecule has 0 aliphatic heterocycles. The summed E-state index contributed by atoms with van der Waals surface area (Å²) in [6.45, 7) is 3.31. The van der Waals surface area contributed by atoms with Crippen LogP contribution in [0.4, 0.5) is 24.8 Å². The Morgan fingerprint density at radius 2 is 1.78 bits per heavy atom. The maximum Gasteiger partial charge on any atom is 0.416 e. The summed E-state index contributed by atoms with van der Waals surface area (Å²) in [5.41, 5.74) is -0.580. The van der Waals surface area contributed by atoms with Gasteiger partial charge in [0, 0.05) is 12.2 Å². The topological polar surface area (TPSA) is 72.4 Å². The number of anilines is 2. The Morgan fingerprint density at radius 1 is 1.07 bits per heavy atom. The standard InChI is InChI=1S/C17H22F3N5O2/c1-4-26-15-22-14(23-16(24-15)27-10-6-9-25(2)3)21-13-8-5-7-12(11-13)17(18,19)20/h5,7-8,11H,4,6,9-10H2,1-3H3,(H,21,22,23,24). The molecule has 0 unspecified atom stereocenters. The summed E-state index contributed by atoms with van der Waals surface area (Å²) in [7, 11) is 3.90. The normalized spacial score (nSPS) is 11.5. The van der Waals surface area contributed by atoms with Gasteiger partial charge in [-0.05, 0) is 45.6 Å². The van der Waals surface area contributed by atoms with E-state index >= 15 is 0 Å². The number of alkyl halides is 3. The van der Waals surface area contributed by atoms with Crippen molar-refractivity contribution in [2.75, 3.05) is 39.2 Å². The van der Waals surface area contributed by atoms with E-state index in [-0.39, 0.29) is 23.7 Å². The lowest BCUT2D eigenvalue weighted by atomic mass is 10.2. The lowest BCUT2D eigenvalue weighted by molar-refractivity contribution is -0.137. The van der Waals surface area contributed by atoms with Crippen LogP contribution in [0.2, 0.25) is 0 Å². The average Bonchev–Trinajstić information content (AvgIpc) is 2.58. The van der Waals surface area contributed by atoms with Gasteiger partial charge in [-0.1, -0.05) is 6.07 Å². The van der Waals surface area contributed by atoms with Crippen LogP contribution in [0, 0.1) is 0 Å². The van der Waals surface area contributed by atoms with Crippen LogP contribution in [0.3, 0.4) is 0 Å². The lowest BCUT2D eigenvalue weighted by Crippen LogP contribution is -2.16. The predicted molar refractivity (Wildman–Crippen MR) is 94.4 cm³/mol. The first-order valence-electron chi connectivity index (χ1n) is 8.38. The highest BCUT2D eigenvalue weighted by Gasteiger charge is 2.30. The molecule has 148 valence electrons. The van der Waals surface area contributed by atoms with Gasteiger partial charge in [0.15, 0.2) is 0 Å². The van der Waals surface area contributed by atoms with E-state index in [1.165, 1.54) is 12.1 Å². The van der Waals surface area contributed by atoms with E-state index in [0.29, 0.717) is 13.2 Å². The summed E-state index contributed by atoms with van der Waals surface area (Å²) < 4.78 is 49.3. The number of benzene rings is 1. The number of nitrogens with zero attached hydrogens (tertiary/aromatic N) is 4. The maximum absolute atomic E-state index is 12.9. The zero-order valence-electron chi connectivity index (χ0n) is 15.4. The minimum atomic E-state index is -4.44. The van der Waals surface area contributed by atoms with Crippen LogP contribution >= 0.6 is 0 Å². The summed E-state index contributed by atoms with van der Waals surface area (Å²) in [5, 5.41) is 2.73. The molecule has 0 spiro atoms. The van der Waals surface area contributed by atoms with Crippen LogP contribution in [-0.4, -0.2) is 53.7 Å². The fourth-order valence-corrected chi connectivity index (χ4v) is 2.10. The predicted octanol–water partition coefficient (Wildman–Crippen LogP) is 3.36. The Balaban J connectivity index is 2.15. The first-order chi connectivity index (χ1) is 12.8. The van der Waals surface area contributed by atoms with Crippen LogP contribution in [0.5, 0.6) is 12.0 Å². The Morgan fingerprint density at radius 3 is 2.41 bits per heavy atom. The summed E-state index contributed by atoms with van der Waals surface area (Å²) in [6.07, 6.45) is -3.67. The van der Waals surface area contributed by atoms with Crippen molar-refractivity contribution >= 4 is 11.6 Å². The summed E-state index contributed by atoms with van der Waals surface area (Å²) >= 11 is 0. The number of ether oxygens (including phenoxy) is 2. The number of hydrogen-bond donors (Lipinski definition) is 1. The van der Waals surface area contributed by atoms with Gasteiger partial charge in [-0.25, -0.2) is 0 Å². The molecule has 7 nitrogen and oxygen atoms in total. The molecule has 10 heteroatoms. The highest BCUT2D eigenvalue weighted by Crippen LogP contribution is 2.31. The highest BCUT2D eigenvalue weighted by molar-refractivity contribution is 5.55. The van der Waals surface area contributed by atoms with Crippen LogP contribution in [0.15, 0.2) is 24.3 Å². The Labute approximate surface area is 155 Å². The third-order valence-corrected chi connectivity index (χ3v) is 3.29. The number of aromatic nitrogens is 3. The van der Waals surface area contributed by atoms with Crippen molar-refractivity contribution in [2.24, 2.45) is 0 Å². The van der Waals surface area contributed by atoms with Gasteiger partial charge in [-0.2, -0.15) is 23.1 Å². The average molecular weight is 385 g/mol. The second-order valence-electron chi connectivity index (χ2n) is 5.87. The van der Waals surface area contributed by atoms with Crippen molar-refractivity contribution in [3.63, 3.8) is 0 Å². The molecule has 0 fully saturated rings. The van der Waals surface area contributed by atoms with Crippen molar-refractivity contribution in [1.29, 1.82) is 0 Å². The Kier molecular flexibility index (Phi) is 7.17. The van der Waals surface area contributed by atoms with Crippen LogP contribution in [-0.2, 0) is 6.18 Å². The molecule has 0 radical (unpaired) electrons. The van der Waals surface area contributed by atoms with Gasteiger partial charge >= 0.3 is 18.2 Å². The van der Waals surface area contributed by atoms with E-state index in [1.54, 1.807) is 6.92 Å². The molecule has 0 atom stereocenters. The largest absolute Gasteiger partial charge is 0.464 e. The zero-order valence-corrected chi connectivity index (χ0v) is 15.4. The monoisotopic (exact) mass is 385 g/mol. The minimum absolute atomic E-state index is 0.0320. The molecule has 0 aliphatic carbocycles.